The van der Waals surface area contributed by atoms with Crippen molar-refractivity contribution in [3.8, 4) is 0 Å². The number of nitrogens with zero attached hydrogens (tertiary/aromatic N) is 4. The maximum atomic E-state index is 12.4. The minimum Gasteiger partial charge on any atom is -0.444 e. The number of nitrogens with two attached hydrogens (primary N) is 1. The highest BCUT2D eigenvalue weighted by Gasteiger charge is 2.35. The smallest absolute Gasteiger partial charge is 0.410 e. The first-order chi connectivity index (χ1) is 12.2. The summed E-state index contributed by atoms with van der Waals surface area (Å²) in [5.74, 6) is 0.209. The van der Waals surface area contributed by atoms with Crippen molar-refractivity contribution in [2.45, 2.75) is 58.2 Å². The summed E-state index contributed by atoms with van der Waals surface area (Å²) in [7, 11) is 0. The van der Waals surface area contributed by atoms with Gasteiger partial charge in [0.15, 0.2) is 0 Å². The molecule has 1 aromatic rings. The molecule has 142 valence electrons. The molecule has 2 N–H and O–H groups in total. The van der Waals surface area contributed by atoms with E-state index in [1.165, 1.54) is 0 Å². The molecule has 1 saturated heterocycles. The topological polar surface area (TPSA) is 102 Å². The van der Waals surface area contributed by atoms with E-state index in [4.69, 9.17) is 22.1 Å². The summed E-state index contributed by atoms with van der Waals surface area (Å²) in [6, 6.07) is -0.415. The minimum atomic E-state index is -0.567. The Hall–Kier alpha value is -2.09. The van der Waals surface area contributed by atoms with Crippen molar-refractivity contribution in [1.29, 1.82) is 0 Å². The van der Waals surface area contributed by atoms with Gasteiger partial charge in [0.1, 0.15) is 17.5 Å². The normalized spacial score (nSPS) is 20.1. The number of ether oxygens (including phenoxy) is 1. The van der Waals surface area contributed by atoms with E-state index in [1.807, 2.05) is 25.7 Å². The molecule has 9 heteroatoms. The molecular weight excluding hydrogens is 358 g/mol. The van der Waals surface area contributed by atoms with Crippen molar-refractivity contribution in [2.24, 2.45) is 5.73 Å². The van der Waals surface area contributed by atoms with Crippen LogP contribution in [0.5, 0.6) is 0 Å². The summed E-state index contributed by atoms with van der Waals surface area (Å²) in [5, 5.41) is 0.139. The average molecular weight is 382 g/mol. The summed E-state index contributed by atoms with van der Waals surface area (Å²) in [6.07, 6.45) is 1.71. The van der Waals surface area contributed by atoms with Gasteiger partial charge in [0.05, 0.1) is 12.2 Å². The van der Waals surface area contributed by atoms with Crippen molar-refractivity contribution in [3.63, 3.8) is 0 Å². The van der Waals surface area contributed by atoms with Gasteiger partial charge in [0, 0.05) is 25.1 Å². The van der Waals surface area contributed by atoms with E-state index in [9.17, 15) is 9.59 Å². The molecule has 0 aromatic carbocycles. The van der Waals surface area contributed by atoms with Crippen molar-refractivity contribution in [1.82, 2.24) is 14.9 Å². The van der Waals surface area contributed by atoms with Crippen molar-refractivity contribution < 1.29 is 14.3 Å². The first kappa shape index (κ1) is 18.7. The summed E-state index contributed by atoms with van der Waals surface area (Å²) >= 11 is 6.10. The van der Waals surface area contributed by atoms with Gasteiger partial charge in [-0.1, -0.05) is 0 Å². The number of carbonyl (C=O) groups is 2. The van der Waals surface area contributed by atoms with E-state index >= 15 is 0 Å². The number of primary amides is 1. The molecule has 0 saturated carbocycles. The molecular formula is C17H24ClN5O3. The zero-order valence-corrected chi connectivity index (χ0v) is 16.0. The fourth-order valence-corrected chi connectivity index (χ4v) is 3.59. The first-order valence-electron chi connectivity index (χ1n) is 8.75. The van der Waals surface area contributed by atoms with Crippen LogP contribution in [0, 0.1) is 0 Å². The van der Waals surface area contributed by atoms with Gasteiger partial charge in [-0.15, -0.1) is 0 Å². The third-order valence-electron chi connectivity index (χ3n) is 4.52. The van der Waals surface area contributed by atoms with Gasteiger partial charge in [0.2, 0.25) is 11.2 Å². The van der Waals surface area contributed by atoms with Gasteiger partial charge in [-0.2, -0.15) is 0 Å². The number of aromatic nitrogens is 2. The van der Waals surface area contributed by atoms with Gasteiger partial charge in [-0.25, -0.2) is 14.8 Å². The maximum absolute atomic E-state index is 12.4. The molecule has 0 spiro atoms. The van der Waals surface area contributed by atoms with Crippen LogP contribution < -0.4 is 10.6 Å². The maximum Gasteiger partial charge on any atom is 0.410 e. The summed E-state index contributed by atoms with van der Waals surface area (Å²) < 4.78 is 5.47. The van der Waals surface area contributed by atoms with Crippen molar-refractivity contribution in [2.75, 3.05) is 18.0 Å². The van der Waals surface area contributed by atoms with Crippen molar-refractivity contribution in [3.05, 3.63) is 16.5 Å². The second kappa shape index (κ2) is 6.90. The highest BCUT2D eigenvalue weighted by molar-refractivity contribution is 6.28. The standard InChI is InChI=1S/C17H24ClN5O3/c1-17(2,3)26-16(25)22-8-6-11-10(9-22)14(21-15(18)20-11)23-7-4-5-12(23)13(19)24/h12H,4-9H2,1-3H3,(H2,19,24). The molecule has 2 amide bonds. The Kier molecular flexibility index (Phi) is 4.96. The second-order valence-electron chi connectivity index (χ2n) is 7.65. The largest absolute Gasteiger partial charge is 0.444 e. The van der Waals surface area contributed by atoms with Crippen LogP contribution in [0.1, 0.15) is 44.9 Å². The Morgan fingerprint density at radius 1 is 1.27 bits per heavy atom. The molecule has 1 unspecified atom stereocenters. The average Bonchev–Trinajstić information content (AvgIpc) is 3.01. The van der Waals surface area contributed by atoms with Crippen LogP contribution in [-0.4, -0.2) is 51.6 Å². The van der Waals surface area contributed by atoms with Gasteiger partial charge in [-0.3, -0.25) is 4.79 Å². The number of fused-ring (bicyclic) bond motifs is 1. The molecule has 3 rings (SSSR count). The van der Waals surface area contributed by atoms with Crippen LogP contribution in [0.2, 0.25) is 5.28 Å². The number of halogens is 1. The number of amides is 2. The minimum absolute atomic E-state index is 0.139. The quantitative estimate of drug-likeness (QED) is 0.785. The molecule has 0 radical (unpaired) electrons. The fraction of sp³-hybridized carbons (Fsp3) is 0.647. The third-order valence-corrected chi connectivity index (χ3v) is 4.69. The number of hydrogen-bond donors (Lipinski definition) is 1. The number of carbonyl (C=O) groups excluding carboxylic acids is 2. The van der Waals surface area contributed by atoms with Gasteiger partial charge in [-0.05, 0) is 45.2 Å². The number of anilines is 1. The Balaban J connectivity index is 1.91. The van der Waals surface area contributed by atoms with Gasteiger partial charge in [0.25, 0.3) is 0 Å². The molecule has 26 heavy (non-hydrogen) atoms. The van der Waals surface area contributed by atoms with E-state index in [1.54, 1.807) is 4.90 Å². The van der Waals surface area contributed by atoms with E-state index in [0.29, 0.717) is 38.3 Å². The Bertz CT molecular complexity index is 734. The van der Waals surface area contributed by atoms with Crippen LogP contribution in [0.25, 0.3) is 0 Å². The summed E-state index contributed by atoms with van der Waals surface area (Å²) in [5.41, 5.74) is 6.58. The lowest BCUT2D eigenvalue weighted by atomic mass is 10.1. The fourth-order valence-electron chi connectivity index (χ4n) is 3.40. The summed E-state index contributed by atoms with van der Waals surface area (Å²) in [6.45, 7) is 6.98. The zero-order chi connectivity index (χ0) is 19.1. The van der Waals surface area contributed by atoms with E-state index in [2.05, 4.69) is 9.97 Å². The van der Waals surface area contributed by atoms with Crippen molar-refractivity contribution >= 4 is 29.4 Å². The molecule has 0 aliphatic carbocycles. The lowest BCUT2D eigenvalue weighted by Gasteiger charge is -2.33. The Labute approximate surface area is 157 Å². The van der Waals surface area contributed by atoms with Gasteiger partial charge >= 0.3 is 6.09 Å². The molecule has 2 aliphatic rings. The molecule has 0 bridgehead atoms. The Morgan fingerprint density at radius 2 is 2.00 bits per heavy atom. The lowest BCUT2D eigenvalue weighted by molar-refractivity contribution is -0.119. The summed E-state index contributed by atoms with van der Waals surface area (Å²) in [4.78, 5) is 36.4. The number of rotatable bonds is 2. The molecule has 2 aliphatic heterocycles. The van der Waals surface area contributed by atoms with Crippen LogP contribution in [0.15, 0.2) is 0 Å². The van der Waals surface area contributed by atoms with Crippen LogP contribution in [0.4, 0.5) is 10.6 Å². The van der Waals surface area contributed by atoms with E-state index in [-0.39, 0.29) is 17.3 Å². The highest BCUT2D eigenvalue weighted by atomic mass is 35.5. The molecule has 1 fully saturated rings. The Morgan fingerprint density at radius 3 is 2.65 bits per heavy atom. The SMILES string of the molecule is CC(C)(C)OC(=O)N1CCc2nc(Cl)nc(N3CCCC3C(N)=O)c2C1. The highest BCUT2D eigenvalue weighted by Crippen LogP contribution is 2.32. The predicted molar refractivity (Wildman–Crippen MR) is 97.0 cm³/mol. The third kappa shape index (κ3) is 3.85. The molecule has 1 aromatic heterocycles. The van der Waals surface area contributed by atoms with E-state index in [0.717, 1.165) is 17.7 Å². The predicted octanol–water partition coefficient (Wildman–Crippen LogP) is 1.88. The molecule has 1 atom stereocenters. The second-order valence-corrected chi connectivity index (χ2v) is 7.99. The van der Waals surface area contributed by atoms with Crippen LogP contribution in [0.3, 0.4) is 0 Å². The van der Waals surface area contributed by atoms with Crippen LogP contribution >= 0.6 is 11.6 Å². The van der Waals surface area contributed by atoms with Gasteiger partial charge < -0.3 is 20.3 Å². The van der Waals surface area contributed by atoms with Crippen LogP contribution in [-0.2, 0) is 22.5 Å². The first-order valence-corrected chi connectivity index (χ1v) is 9.12. The number of hydrogen-bond acceptors (Lipinski definition) is 6. The molecule has 8 nitrogen and oxygen atoms in total. The molecule has 3 heterocycles. The zero-order valence-electron chi connectivity index (χ0n) is 15.3. The lowest BCUT2D eigenvalue weighted by Crippen LogP contribution is -2.44. The monoisotopic (exact) mass is 381 g/mol. The van der Waals surface area contributed by atoms with E-state index < -0.39 is 11.6 Å².